The Hall–Kier alpha value is -3.03. The zero-order valence-electron chi connectivity index (χ0n) is 13.0. The van der Waals surface area contributed by atoms with Gasteiger partial charge < -0.3 is 9.42 Å². The number of rotatable bonds is 4. The molecular weight excluding hydrogens is 308 g/mol. The molecule has 8 heteroatoms. The monoisotopic (exact) mass is 324 g/mol. The Morgan fingerprint density at radius 2 is 1.96 bits per heavy atom. The maximum Gasteiger partial charge on any atom is 0.269 e. The summed E-state index contributed by atoms with van der Waals surface area (Å²) in [6.07, 6.45) is 7.35. The quantitative estimate of drug-likeness (QED) is 0.715. The predicted molar refractivity (Wildman–Crippen MR) is 86.6 cm³/mol. The molecule has 0 N–H and O–H groups in total. The van der Waals surface area contributed by atoms with E-state index in [-0.39, 0.29) is 12.1 Å². The number of nitrogens with zero attached hydrogens (tertiary/aromatic N) is 6. The molecule has 24 heavy (non-hydrogen) atoms. The number of hydrogen-bond donors (Lipinski definition) is 0. The first-order valence-electron chi connectivity index (χ1n) is 7.85. The zero-order chi connectivity index (χ0) is 16.4. The maximum absolute atomic E-state index is 12.3. The van der Waals surface area contributed by atoms with Crippen molar-refractivity contribution in [1.29, 1.82) is 0 Å². The van der Waals surface area contributed by atoms with E-state index in [2.05, 4.69) is 25.1 Å². The third kappa shape index (κ3) is 2.90. The van der Waals surface area contributed by atoms with Crippen LogP contribution in [0.5, 0.6) is 0 Å². The van der Waals surface area contributed by atoms with Crippen LogP contribution in [0, 0.1) is 0 Å². The average Bonchev–Trinajstić information content (AvgIpc) is 3.29. The molecule has 3 aromatic heterocycles. The van der Waals surface area contributed by atoms with Gasteiger partial charge in [-0.25, -0.2) is 4.68 Å². The van der Waals surface area contributed by atoms with Crippen LogP contribution in [0.15, 0.2) is 46.1 Å². The van der Waals surface area contributed by atoms with Gasteiger partial charge in [-0.2, -0.15) is 10.1 Å². The highest BCUT2D eigenvalue weighted by molar-refractivity contribution is 5.52. The van der Waals surface area contributed by atoms with Crippen molar-refractivity contribution >= 4 is 5.69 Å². The summed E-state index contributed by atoms with van der Waals surface area (Å²) in [5.41, 5.74) is 1.50. The van der Waals surface area contributed by atoms with Gasteiger partial charge in [-0.1, -0.05) is 5.16 Å². The summed E-state index contributed by atoms with van der Waals surface area (Å²) < 4.78 is 6.54. The van der Waals surface area contributed by atoms with Crippen molar-refractivity contribution in [2.45, 2.75) is 19.4 Å². The van der Waals surface area contributed by atoms with Crippen LogP contribution in [0.4, 0.5) is 5.69 Å². The minimum Gasteiger partial charge on any atom is -0.370 e. The summed E-state index contributed by atoms with van der Waals surface area (Å²) in [6.45, 7) is 2.10. The van der Waals surface area contributed by atoms with Gasteiger partial charge in [0, 0.05) is 37.1 Å². The van der Waals surface area contributed by atoms with Crippen LogP contribution in [0.1, 0.15) is 18.7 Å². The molecule has 3 aromatic rings. The summed E-state index contributed by atoms with van der Waals surface area (Å²) in [5.74, 6) is 0.805. The fourth-order valence-corrected chi connectivity index (χ4v) is 2.76. The van der Waals surface area contributed by atoms with E-state index in [4.69, 9.17) is 4.52 Å². The first kappa shape index (κ1) is 14.6. The van der Waals surface area contributed by atoms with Gasteiger partial charge in [-0.15, -0.1) is 0 Å². The second-order valence-corrected chi connectivity index (χ2v) is 5.65. The van der Waals surface area contributed by atoms with Crippen molar-refractivity contribution in [2.24, 2.45) is 0 Å². The van der Waals surface area contributed by atoms with Crippen molar-refractivity contribution in [1.82, 2.24) is 24.9 Å². The van der Waals surface area contributed by atoms with Crippen molar-refractivity contribution in [3.8, 4) is 11.4 Å². The predicted octanol–water partition coefficient (Wildman–Crippen LogP) is 1.34. The van der Waals surface area contributed by atoms with Gasteiger partial charge in [0.25, 0.3) is 5.56 Å². The van der Waals surface area contributed by atoms with E-state index in [9.17, 15) is 4.79 Å². The SMILES string of the molecule is O=c1cc(N2CCCC2)cnn1Cc1nc(-c2ccncc2)no1. The van der Waals surface area contributed by atoms with Crippen LogP contribution in [0.2, 0.25) is 0 Å². The van der Waals surface area contributed by atoms with Crippen LogP contribution < -0.4 is 10.5 Å². The average molecular weight is 324 g/mol. The molecule has 4 heterocycles. The first-order valence-corrected chi connectivity index (χ1v) is 7.85. The van der Waals surface area contributed by atoms with Gasteiger partial charge in [0.05, 0.1) is 11.9 Å². The highest BCUT2D eigenvalue weighted by Crippen LogP contribution is 2.17. The number of pyridine rings is 1. The van der Waals surface area contributed by atoms with Gasteiger partial charge in [-0.3, -0.25) is 9.78 Å². The summed E-state index contributed by atoms with van der Waals surface area (Å²) in [7, 11) is 0. The molecule has 0 aromatic carbocycles. The van der Waals surface area contributed by atoms with Gasteiger partial charge >= 0.3 is 0 Å². The number of aromatic nitrogens is 5. The molecule has 4 rings (SSSR count). The van der Waals surface area contributed by atoms with E-state index in [1.807, 2.05) is 0 Å². The second-order valence-electron chi connectivity index (χ2n) is 5.65. The van der Waals surface area contributed by atoms with E-state index < -0.39 is 0 Å². The largest absolute Gasteiger partial charge is 0.370 e. The lowest BCUT2D eigenvalue weighted by Crippen LogP contribution is -2.26. The van der Waals surface area contributed by atoms with Crippen molar-refractivity contribution in [3.05, 3.63) is 53.0 Å². The molecule has 0 spiro atoms. The molecule has 0 radical (unpaired) electrons. The molecule has 1 saturated heterocycles. The fourth-order valence-electron chi connectivity index (χ4n) is 2.76. The minimum atomic E-state index is -0.178. The Labute approximate surface area is 137 Å². The summed E-state index contributed by atoms with van der Waals surface area (Å²) in [4.78, 5) is 22.7. The molecule has 0 atom stereocenters. The molecule has 0 aliphatic carbocycles. The van der Waals surface area contributed by atoms with E-state index in [1.165, 1.54) is 4.68 Å². The van der Waals surface area contributed by atoms with E-state index in [0.717, 1.165) is 37.2 Å². The van der Waals surface area contributed by atoms with Crippen molar-refractivity contribution in [2.75, 3.05) is 18.0 Å². The van der Waals surface area contributed by atoms with E-state index >= 15 is 0 Å². The third-order valence-corrected chi connectivity index (χ3v) is 4.02. The lowest BCUT2D eigenvalue weighted by atomic mass is 10.2. The van der Waals surface area contributed by atoms with Crippen molar-refractivity contribution in [3.63, 3.8) is 0 Å². The normalized spacial score (nSPS) is 14.2. The molecule has 0 amide bonds. The summed E-state index contributed by atoms with van der Waals surface area (Å²) in [5, 5.41) is 8.15. The Balaban J connectivity index is 1.53. The summed E-state index contributed by atoms with van der Waals surface area (Å²) in [6, 6.07) is 5.20. The Morgan fingerprint density at radius 1 is 1.17 bits per heavy atom. The topological polar surface area (TPSA) is 89.9 Å². The van der Waals surface area contributed by atoms with Crippen LogP contribution >= 0.6 is 0 Å². The van der Waals surface area contributed by atoms with Crippen LogP contribution in [-0.2, 0) is 6.54 Å². The Morgan fingerprint density at radius 3 is 2.71 bits per heavy atom. The smallest absolute Gasteiger partial charge is 0.269 e. The molecule has 122 valence electrons. The third-order valence-electron chi connectivity index (χ3n) is 4.02. The van der Waals surface area contributed by atoms with Crippen molar-refractivity contribution < 1.29 is 4.52 Å². The Kier molecular flexibility index (Phi) is 3.78. The molecule has 1 aliphatic rings. The second kappa shape index (κ2) is 6.23. The van der Waals surface area contributed by atoms with Crippen LogP contribution in [-0.4, -0.2) is 38.0 Å². The number of anilines is 1. The van der Waals surface area contributed by atoms with Gasteiger partial charge in [0.15, 0.2) is 0 Å². The highest BCUT2D eigenvalue weighted by Gasteiger charge is 2.15. The lowest BCUT2D eigenvalue weighted by Gasteiger charge is -2.16. The Bertz CT molecular complexity index is 883. The maximum atomic E-state index is 12.3. The fraction of sp³-hybridized carbons (Fsp3) is 0.312. The highest BCUT2D eigenvalue weighted by atomic mass is 16.5. The van der Waals surface area contributed by atoms with Gasteiger partial charge in [0.2, 0.25) is 11.7 Å². The zero-order valence-corrected chi connectivity index (χ0v) is 13.0. The summed E-state index contributed by atoms with van der Waals surface area (Å²) >= 11 is 0. The molecule has 0 saturated carbocycles. The number of hydrogen-bond acceptors (Lipinski definition) is 7. The lowest BCUT2D eigenvalue weighted by molar-refractivity contribution is 0.363. The molecule has 1 fully saturated rings. The molecular formula is C16H16N6O2. The van der Waals surface area contributed by atoms with E-state index in [0.29, 0.717) is 11.7 Å². The van der Waals surface area contributed by atoms with Crippen LogP contribution in [0.25, 0.3) is 11.4 Å². The molecule has 1 aliphatic heterocycles. The molecule has 8 nitrogen and oxygen atoms in total. The molecule has 0 bridgehead atoms. The molecule has 0 unspecified atom stereocenters. The first-order chi connectivity index (χ1) is 11.8. The minimum absolute atomic E-state index is 0.150. The van der Waals surface area contributed by atoms with E-state index in [1.54, 1.807) is 36.8 Å². The van der Waals surface area contributed by atoms with Crippen LogP contribution in [0.3, 0.4) is 0 Å². The van der Waals surface area contributed by atoms with Gasteiger partial charge in [0.1, 0.15) is 6.54 Å². The van der Waals surface area contributed by atoms with Gasteiger partial charge in [-0.05, 0) is 25.0 Å². The standard InChI is InChI=1S/C16H16N6O2/c23-15-9-13(21-7-1-2-8-21)10-18-22(15)11-14-19-16(20-24-14)12-3-5-17-6-4-12/h3-6,9-10H,1-2,7-8,11H2.